The van der Waals surface area contributed by atoms with Gasteiger partial charge in [0.05, 0.1) is 23.7 Å². The Kier molecular flexibility index (Phi) is 6.74. The van der Waals surface area contributed by atoms with Crippen LogP contribution in [-0.2, 0) is 4.79 Å². The second kappa shape index (κ2) is 9.70. The van der Waals surface area contributed by atoms with Crippen LogP contribution in [0.3, 0.4) is 0 Å². The lowest BCUT2D eigenvalue weighted by molar-refractivity contribution is -0.131. The van der Waals surface area contributed by atoms with Crippen molar-refractivity contribution in [3.63, 3.8) is 0 Å². The van der Waals surface area contributed by atoms with Gasteiger partial charge < -0.3 is 15.0 Å². The van der Waals surface area contributed by atoms with E-state index >= 15 is 0 Å². The summed E-state index contributed by atoms with van der Waals surface area (Å²) in [6.45, 7) is 7.20. The molecule has 33 heavy (non-hydrogen) atoms. The van der Waals surface area contributed by atoms with Crippen molar-refractivity contribution in [2.24, 2.45) is 5.92 Å². The number of hydrogen-bond donors (Lipinski definition) is 1. The number of methoxy groups -OCH3 is 1. The number of nitrogens with zero attached hydrogens (tertiary/aromatic N) is 5. The Balaban J connectivity index is 1.45. The minimum absolute atomic E-state index is 0.0296. The normalized spacial score (nSPS) is 18.8. The number of carbonyl (C=O) groups excluding carboxylic acids is 1. The van der Waals surface area contributed by atoms with Gasteiger partial charge in [0, 0.05) is 49.4 Å². The SMILES string of the molecule is COc1cc([C@@H](C)C(=O)N2C[C@@H](C)[C@H](Nc3ccc(-c4ncccn4)c(C)n3)C2)c(Cl)cn1. The Bertz CT molecular complexity index is 1140. The predicted molar refractivity (Wildman–Crippen MR) is 127 cm³/mol. The van der Waals surface area contributed by atoms with Crippen LogP contribution in [0.25, 0.3) is 11.4 Å². The molecule has 3 aromatic rings. The van der Waals surface area contributed by atoms with E-state index in [1.807, 2.05) is 30.9 Å². The number of hydrogen-bond acceptors (Lipinski definition) is 7. The smallest absolute Gasteiger partial charge is 0.229 e. The van der Waals surface area contributed by atoms with Gasteiger partial charge in [0.2, 0.25) is 11.8 Å². The molecule has 0 bridgehead atoms. The quantitative estimate of drug-likeness (QED) is 0.587. The lowest BCUT2D eigenvalue weighted by atomic mass is 10.0. The van der Waals surface area contributed by atoms with Crippen molar-refractivity contribution in [2.45, 2.75) is 32.7 Å². The van der Waals surface area contributed by atoms with Crippen LogP contribution < -0.4 is 10.1 Å². The fourth-order valence-electron chi connectivity index (χ4n) is 4.12. The highest BCUT2D eigenvalue weighted by Gasteiger charge is 2.35. The van der Waals surface area contributed by atoms with Gasteiger partial charge in [0.25, 0.3) is 0 Å². The van der Waals surface area contributed by atoms with E-state index in [-0.39, 0.29) is 17.9 Å². The maximum absolute atomic E-state index is 13.2. The Morgan fingerprint density at radius 2 is 2.00 bits per heavy atom. The first-order chi connectivity index (χ1) is 15.9. The number of ether oxygens (including phenoxy) is 1. The summed E-state index contributed by atoms with van der Waals surface area (Å²) >= 11 is 6.32. The molecule has 1 aliphatic rings. The first kappa shape index (κ1) is 22.9. The van der Waals surface area contributed by atoms with E-state index in [1.54, 1.807) is 31.6 Å². The van der Waals surface area contributed by atoms with Gasteiger partial charge in [-0.05, 0) is 43.5 Å². The molecule has 3 aromatic heterocycles. The van der Waals surface area contributed by atoms with Gasteiger partial charge in [0.15, 0.2) is 5.82 Å². The lowest BCUT2D eigenvalue weighted by Crippen LogP contribution is -2.34. The van der Waals surface area contributed by atoms with E-state index in [0.717, 1.165) is 17.1 Å². The molecule has 0 aromatic carbocycles. The van der Waals surface area contributed by atoms with Crippen molar-refractivity contribution < 1.29 is 9.53 Å². The van der Waals surface area contributed by atoms with E-state index in [2.05, 4.69) is 27.2 Å². The zero-order valence-electron chi connectivity index (χ0n) is 19.1. The van der Waals surface area contributed by atoms with E-state index < -0.39 is 5.92 Å². The van der Waals surface area contributed by atoms with Gasteiger partial charge >= 0.3 is 0 Å². The zero-order valence-corrected chi connectivity index (χ0v) is 19.9. The minimum Gasteiger partial charge on any atom is -0.481 e. The number of aryl methyl sites for hydroxylation is 1. The number of anilines is 1. The maximum atomic E-state index is 13.2. The largest absolute Gasteiger partial charge is 0.481 e. The standard InChI is InChI=1S/C24H27ClN6O2/c1-14-12-31(24(32)15(2)18-10-22(33-4)28-11-19(18)25)13-20(14)30-21-7-6-17(16(3)29-21)23-26-8-5-9-27-23/h5-11,14-15,20H,12-13H2,1-4H3,(H,29,30)/t14-,15-,20-/m1/s1. The third-order valence-electron chi connectivity index (χ3n) is 6.06. The first-order valence-electron chi connectivity index (χ1n) is 10.9. The number of pyridine rings is 2. The highest BCUT2D eigenvalue weighted by molar-refractivity contribution is 6.31. The number of amides is 1. The molecular formula is C24H27ClN6O2. The van der Waals surface area contributed by atoms with Gasteiger partial charge in [0.1, 0.15) is 5.82 Å². The second-order valence-electron chi connectivity index (χ2n) is 8.34. The van der Waals surface area contributed by atoms with Crippen LogP contribution in [0.2, 0.25) is 5.02 Å². The minimum atomic E-state index is -0.397. The van der Waals surface area contributed by atoms with Crippen LogP contribution >= 0.6 is 11.6 Å². The van der Waals surface area contributed by atoms with Gasteiger partial charge in [-0.15, -0.1) is 0 Å². The summed E-state index contributed by atoms with van der Waals surface area (Å²) in [5.41, 5.74) is 2.46. The molecule has 1 saturated heterocycles. The van der Waals surface area contributed by atoms with Crippen LogP contribution in [0.15, 0.2) is 42.9 Å². The summed E-state index contributed by atoms with van der Waals surface area (Å²) in [7, 11) is 1.54. The van der Waals surface area contributed by atoms with Gasteiger partial charge in [-0.25, -0.2) is 19.9 Å². The Hall–Kier alpha value is -3.26. The molecule has 0 aliphatic carbocycles. The summed E-state index contributed by atoms with van der Waals surface area (Å²) in [5.74, 6) is 1.76. The summed E-state index contributed by atoms with van der Waals surface area (Å²) in [5, 5.41) is 3.96. The lowest BCUT2D eigenvalue weighted by Gasteiger charge is -2.22. The molecule has 3 atom stereocenters. The Morgan fingerprint density at radius 1 is 1.24 bits per heavy atom. The number of rotatable bonds is 6. The third kappa shape index (κ3) is 4.90. The molecule has 4 rings (SSSR count). The van der Waals surface area contributed by atoms with Crippen molar-refractivity contribution in [1.29, 1.82) is 0 Å². The van der Waals surface area contributed by atoms with Crippen LogP contribution in [0.5, 0.6) is 5.88 Å². The van der Waals surface area contributed by atoms with Crippen LogP contribution in [0, 0.1) is 12.8 Å². The van der Waals surface area contributed by atoms with Crippen molar-refractivity contribution in [3.8, 4) is 17.3 Å². The number of carbonyl (C=O) groups is 1. The highest BCUT2D eigenvalue weighted by Crippen LogP contribution is 2.31. The molecule has 0 spiro atoms. The molecule has 9 heteroatoms. The van der Waals surface area contributed by atoms with Crippen molar-refractivity contribution in [3.05, 3.63) is 59.1 Å². The number of aromatic nitrogens is 4. The fourth-order valence-corrected chi connectivity index (χ4v) is 4.39. The molecule has 8 nitrogen and oxygen atoms in total. The number of halogens is 1. The van der Waals surface area contributed by atoms with Crippen LogP contribution in [0.4, 0.5) is 5.82 Å². The van der Waals surface area contributed by atoms with Crippen LogP contribution in [-0.4, -0.2) is 57.0 Å². The van der Waals surface area contributed by atoms with Crippen molar-refractivity contribution in [2.75, 3.05) is 25.5 Å². The second-order valence-corrected chi connectivity index (χ2v) is 8.75. The third-order valence-corrected chi connectivity index (χ3v) is 6.37. The molecule has 1 aliphatic heterocycles. The maximum Gasteiger partial charge on any atom is 0.229 e. The Labute approximate surface area is 198 Å². The van der Waals surface area contributed by atoms with E-state index in [4.69, 9.17) is 21.3 Å². The molecule has 0 unspecified atom stereocenters. The molecule has 0 saturated carbocycles. The van der Waals surface area contributed by atoms with Crippen molar-refractivity contribution in [1.82, 2.24) is 24.8 Å². The zero-order chi connectivity index (χ0) is 23.5. The molecule has 1 amide bonds. The molecule has 172 valence electrons. The molecule has 1 fully saturated rings. The first-order valence-corrected chi connectivity index (χ1v) is 11.2. The number of nitrogens with one attached hydrogen (secondary N) is 1. The average molecular weight is 467 g/mol. The summed E-state index contributed by atoms with van der Waals surface area (Å²) in [6.07, 6.45) is 4.96. The monoisotopic (exact) mass is 466 g/mol. The fraction of sp³-hybridized carbons (Fsp3) is 0.375. The summed E-state index contributed by atoms with van der Waals surface area (Å²) < 4.78 is 5.19. The van der Waals surface area contributed by atoms with Gasteiger partial charge in [-0.1, -0.05) is 18.5 Å². The van der Waals surface area contributed by atoms with Crippen LogP contribution in [0.1, 0.15) is 31.0 Å². The highest BCUT2D eigenvalue weighted by atomic mass is 35.5. The van der Waals surface area contributed by atoms with Gasteiger partial charge in [-0.2, -0.15) is 0 Å². The summed E-state index contributed by atoms with van der Waals surface area (Å²) in [4.78, 5) is 32.5. The molecule has 0 radical (unpaired) electrons. The van der Waals surface area contributed by atoms with E-state index in [9.17, 15) is 4.79 Å². The molecule has 1 N–H and O–H groups in total. The summed E-state index contributed by atoms with van der Waals surface area (Å²) in [6, 6.07) is 7.52. The predicted octanol–water partition coefficient (Wildman–Crippen LogP) is 3.97. The number of likely N-dealkylation sites (tertiary alicyclic amines) is 1. The van der Waals surface area contributed by atoms with Crippen molar-refractivity contribution >= 4 is 23.3 Å². The topological polar surface area (TPSA) is 93.1 Å². The van der Waals surface area contributed by atoms with Gasteiger partial charge in [-0.3, -0.25) is 4.79 Å². The Morgan fingerprint density at radius 3 is 2.70 bits per heavy atom. The molecule has 4 heterocycles. The van der Waals surface area contributed by atoms with E-state index in [0.29, 0.717) is 35.4 Å². The molecular weight excluding hydrogens is 440 g/mol. The average Bonchev–Trinajstić information content (AvgIpc) is 3.19. The van der Waals surface area contributed by atoms with E-state index in [1.165, 1.54) is 6.20 Å².